The lowest BCUT2D eigenvalue weighted by atomic mass is 9.83. The second-order valence-corrected chi connectivity index (χ2v) is 9.57. The number of likely N-dealkylation sites (tertiary alicyclic amines) is 2. The minimum absolute atomic E-state index is 0.0750. The van der Waals surface area contributed by atoms with E-state index in [-0.39, 0.29) is 24.5 Å². The van der Waals surface area contributed by atoms with Crippen LogP contribution in [0.25, 0.3) is 0 Å². The molecule has 3 heterocycles. The zero-order chi connectivity index (χ0) is 21.6. The fourth-order valence-electron chi connectivity index (χ4n) is 4.79. The van der Waals surface area contributed by atoms with Crippen LogP contribution in [0, 0.1) is 12.8 Å². The molecule has 6 nitrogen and oxygen atoms in total. The number of amides is 2. The molecule has 2 aliphatic rings. The molecule has 7 heteroatoms. The SMILES string of the molecule is Cc1nc(CC(=O)N2CCC([C@@H]3CCCCN3C(=O)COc3ccccc3)CC2)cs1. The van der Waals surface area contributed by atoms with E-state index in [9.17, 15) is 9.59 Å². The van der Waals surface area contributed by atoms with Gasteiger partial charge in [-0.05, 0) is 57.1 Å². The maximum atomic E-state index is 12.9. The summed E-state index contributed by atoms with van der Waals surface area (Å²) in [6.45, 7) is 4.40. The largest absolute Gasteiger partial charge is 0.484 e. The monoisotopic (exact) mass is 441 g/mol. The Balaban J connectivity index is 1.29. The summed E-state index contributed by atoms with van der Waals surface area (Å²) in [4.78, 5) is 34.0. The first-order valence-corrected chi connectivity index (χ1v) is 12.1. The highest BCUT2D eigenvalue weighted by molar-refractivity contribution is 7.09. The van der Waals surface area contributed by atoms with Crippen LogP contribution in [-0.2, 0) is 16.0 Å². The Bertz CT molecular complexity index is 877. The van der Waals surface area contributed by atoms with Crippen molar-refractivity contribution in [2.24, 2.45) is 5.92 Å². The lowest BCUT2D eigenvalue weighted by molar-refractivity contribution is -0.140. The zero-order valence-corrected chi connectivity index (χ0v) is 19.0. The van der Waals surface area contributed by atoms with E-state index in [1.165, 1.54) is 0 Å². The van der Waals surface area contributed by atoms with E-state index < -0.39 is 0 Å². The Morgan fingerprint density at radius 3 is 2.55 bits per heavy atom. The van der Waals surface area contributed by atoms with E-state index in [2.05, 4.69) is 4.98 Å². The van der Waals surface area contributed by atoms with Gasteiger partial charge < -0.3 is 14.5 Å². The van der Waals surface area contributed by atoms with Crippen molar-refractivity contribution >= 4 is 23.2 Å². The van der Waals surface area contributed by atoms with Crippen molar-refractivity contribution in [3.63, 3.8) is 0 Å². The third kappa shape index (κ3) is 5.64. The number of piperidine rings is 2. The topological polar surface area (TPSA) is 62.7 Å². The summed E-state index contributed by atoms with van der Waals surface area (Å²) < 4.78 is 5.71. The van der Waals surface area contributed by atoms with E-state index in [1.54, 1.807) is 11.3 Å². The summed E-state index contributed by atoms with van der Waals surface area (Å²) >= 11 is 1.59. The molecule has 2 aliphatic heterocycles. The maximum Gasteiger partial charge on any atom is 0.260 e. The summed E-state index contributed by atoms with van der Waals surface area (Å²) in [7, 11) is 0. The number of carbonyl (C=O) groups excluding carboxylic acids is 2. The number of hydrogen-bond donors (Lipinski definition) is 0. The molecule has 1 atom stereocenters. The second-order valence-electron chi connectivity index (χ2n) is 8.50. The quantitative estimate of drug-likeness (QED) is 0.686. The van der Waals surface area contributed by atoms with E-state index in [4.69, 9.17) is 4.74 Å². The predicted molar refractivity (Wildman–Crippen MR) is 121 cm³/mol. The summed E-state index contributed by atoms with van der Waals surface area (Å²) in [5.41, 5.74) is 0.872. The molecule has 2 saturated heterocycles. The molecule has 0 bridgehead atoms. The first-order chi connectivity index (χ1) is 15.1. The molecule has 0 aliphatic carbocycles. The van der Waals surface area contributed by atoms with Crippen molar-refractivity contribution < 1.29 is 14.3 Å². The van der Waals surface area contributed by atoms with Crippen molar-refractivity contribution in [2.45, 2.75) is 51.5 Å². The van der Waals surface area contributed by atoms with Crippen LogP contribution in [0.5, 0.6) is 5.75 Å². The van der Waals surface area contributed by atoms with Crippen LogP contribution in [0.4, 0.5) is 0 Å². The fourth-order valence-corrected chi connectivity index (χ4v) is 5.40. The summed E-state index contributed by atoms with van der Waals surface area (Å²) in [5, 5.41) is 2.98. The van der Waals surface area contributed by atoms with Gasteiger partial charge in [0.15, 0.2) is 6.61 Å². The van der Waals surface area contributed by atoms with Crippen molar-refractivity contribution in [3.8, 4) is 5.75 Å². The van der Waals surface area contributed by atoms with E-state index >= 15 is 0 Å². The Morgan fingerprint density at radius 1 is 1.06 bits per heavy atom. The van der Waals surface area contributed by atoms with Gasteiger partial charge in [0, 0.05) is 31.1 Å². The highest BCUT2D eigenvalue weighted by Gasteiger charge is 2.35. The number of hydrogen-bond acceptors (Lipinski definition) is 5. The number of thiazole rings is 1. The predicted octanol–water partition coefficient (Wildman–Crippen LogP) is 3.69. The lowest BCUT2D eigenvalue weighted by Crippen LogP contribution is -2.52. The van der Waals surface area contributed by atoms with Gasteiger partial charge in [0.05, 0.1) is 17.1 Å². The highest BCUT2D eigenvalue weighted by atomic mass is 32.1. The number of para-hydroxylation sites is 1. The van der Waals surface area contributed by atoms with Crippen LogP contribution in [0.1, 0.15) is 42.8 Å². The molecule has 1 aromatic carbocycles. The van der Waals surface area contributed by atoms with E-state index in [1.807, 2.05) is 52.4 Å². The molecule has 0 unspecified atom stereocenters. The summed E-state index contributed by atoms with van der Waals surface area (Å²) in [5.74, 6) is 1.42. The van der Waals surface area contributed by atoms with Crippen molar-refractivity contribution in [2.75, 3.05) is 26.2 Å². The minimum Gasteiger partial charge on any atom is -0.484 e. The van der Waals surface area contributed by atoms with Gasteiger partial charge in [-0.15, -0.1) is 11.3 Å². The van der Waals surface area contributed by atoms with Crippen LogP contribution in [0.3, 0.4) is 0 Å². The third-order valence-electron chi connectivity index (χ3n) is 6.41. The third-order valence-corrected chi connectivity index (χ3v) is 7.23. The van der Waals surface area contributed by atoms with Gasteiger partial charge in [0.2, 0.25) is 5.91 Å². The van der Waals surface area contributed by atoms with Gasteiger partial charge in [-0.1, -0.05) is 18.2 Å². The molecule has 4 rings (SSSR count). The summed E-state index contributed by atoms with van der Waals surface area (Å²) in [6.07, 6.45) is 5.56. The first kappa shape index (κ1) is 21.8. The summed E-state index contributed by atoms with van der Waals surface area (Å²) in [6, 6.07) is 9.77. The number of rotatable bonds is 6. The first-order valence-electron chi connectivity index (χ1n) is 11.3. The number of ether oxygens (including phenoxy) is 1. The van der Waals surface area contributed by atoms with Gasteiger partial charge in [-0.3, -0.25) is 9.59 Å². The van der Waals surface area contributed by atoms with Gasteiger partial charge in [-0.2, -0.15) is 0 Å². The Hall–Kier alpha value is -2.41. The zero-order valence-electron chi connectivity index (χ0n) is 18.2. The Labute approximate surface area is 188 Å². The fraction of sp³-hybridized carbons (Fsp3) is 0.542. The van der Waals surface area contributed by atoms with Crippen LogP contribution < -0.4 is 4.74 Å². The number of aryl methyl sites for hydroxylation is 1. The molecule has 0 N–H and O–H groups in total. The standard InChI is InChI=1S/C24H31N3O3S/c1-18-25-20(17-31-18)15-23(28)26-13-10-19(11-14-26)22-9-5-6-12-27(22)24(29)16-30-21-7-3-2-4-8-21/h2-4,7-8,17,19,22H,5-6,9-16H2,1H3/t22-/m0/s1. The van der Waals surface area contributed by atoms with Gasteiger partial charge in [0.25, 0.3) is 5.91 Å². The Morgan fingerprint density at radius 2 is 1.84 bits per heavy atom. The Kier molecular flexibility index (Phi) is 7.22. The normalized spacial score (nSPS) is 20.0. The van der Waals surface area contributed by atoms with Crippen molar-refractivity contribution in [1.82, 2.24) is 14.8 Å². The molecule has 0 saturated carbocycles. The number of benzene rings is 1. The molecular weight excluding hydrogens is 410 g/mol. The molecule has 2 aromatic rings. The lowest BCUT2D eigenvalue weighted by Gasteiger charge is -2.43. The van der Waals surface area contributed by atoms with Gasteiger partial charge in [-0.25, -0.2) is 4.98 Å². The van der Waals surface area contributed by atoms with Crippen molar-refractivity contribution in [1.29, 1.82) is 0 Å². The molecule has 2 amide bonds. The van der Waals surface area contributed by atoms with Crippen molar-refractivity contribution in [3.05, 3.63) is 46.4 Å². The number of aromatic nitrogens is 1. The van der Waals surface area contributed by atoms with Crippen LogP contribution >= 0.6 is 11.3 Å². The van der Waals surface area contributed by atoms with Gasteiger partial charge in [0.1, 0.15) is 5.75 Å². The number of carbonyl (C=O) groups is 2. The smallest absolute Gasteiger partial charge is 0.260 e. The molecule has 0 spiro atoms. The second kappa shape index (κ2) is 10.3. The van der Waals surface area contributed by atoms with Crippen LogP contribution in [0.15, 0.2) is 35.7 Å². The highest BCUT2D eigenvalue weighted by Crippen LogP contribution is 2.31. The molecular formula is C24H31N3O3S. The van der Waals surface area contributed by atoms with E-state index in [0.29, 0.717) is 12.3 Å². The number of nitrogens with zero attached hydrogens (tertiary/aromatic N) is 3. The van der Waals surface area contributed by atoms with Crippen LogP contribution in [-0.4, -0.2) is 58.9 Å². The molecule has 166 valence electrons. The molecule has 0 radical (unpaired) electrons. The van der Waals surface area contributed by atoms with Crippen LogP contribution in [0.2, 0.25) is 0 Å². The molecule has 2 fully saturated rings. The molecule has 1 aromatic heterocycles. The average Bonchev–Trinajstić information content (AvgIpc) is 3.22. The maximum absolute atomic E-state index is 12.9. The van der Waals surface area contributed by atoms with E-state index in [0.717, 1.165) is 68.2 Å². The van der Waals surface area contributed by atoms with Gasteiger partial charge >= 0.3 is 0 Å². The minimum atomic E-state index is 0.0750. The molecule has 31 heavy (non-hydrogen) atoms. The average molecular weight is 442 g/mol.